The number of carbonyl (C=O) groups is 1. The molecule has 22 heavy (non-hydrogen) atoms. The third kappa shape index (κ3) is 4.19. The molecule has 1 aliphatic rings. The van der Waals surface area contributed by atoms with E-state index in [1.165, 1.54) is 0 Å². The third-order valence-electron chi connectivity index (χ3n) is 3.45. The van der Waals surface area contributed by atoms with Crippen LogP contribution in [0.25, 0.3) is 0 Å². The van der Waals surface area contributed by atoms with Crippen LogP contribution >= 0.6 is 23.7 Å². The molecule has 0 radical (unpaired) electrons. The molecule has 1 atom stereocenters. The molecule has 0 aliphatic carbocycles. The summed E-state index contributed by atoms with van der Waals surface area (Å²) in [7, 11) is 0. The monoisotopic (exact) mass is 338 g/mol. The summed E-state index contributed by atoms with van der Waals surface area (Å²) in [6, 6.07) is 7.70. The first-order chi connectivity index (χ1) is 10.2. The summed E-state index contributed by atoms with van der Waals surface area (Å²) in [6.07, 6.45) is 0.912. The molecule has 2 aromatic rings. The van der Waals surface area contributed by atoms with E-state index in [9.17, 15) is 4.79 Å². The summed E-state index contributed by atoms with van der Waals surface area (Å²) in [5.41, 5.74) is 2.80. The van der Waals surface area contributed by atoms with E-state index < -0.39 is 0 Å². The predicted molar refractivity (Wildman–Crippen MR) is 93.4 cm³/mol. The Morgan fingerprint density at radius 2 is 2.05 bits per heavy atom. The Labute approximate surface area is 139 Å². The normalized spacial score (nSPS) is 16.9. The first kappa shape index (κ1) is 16.7. The molecule has 3 N–H and O–H groups in total. The minimum atomic E-state index is 0. The van der Waals surface area contributed by atoms with E-state index in [2.05, 4.69) is 20.9 Å². The highest BCUT2D eigenvalue weighted by Gasteiger charge is 2.22. The van der Waals surface area contributed by atoms with Gasteiger partial charge in [0.05, 0.1) is 11.6 Å². The van der Waals surface area contributed by atoms with Crippen molar-refractivity contribution in [2.24, 2.45) is 5.92 Å². The molecule has 118 valence electrons. The molecule has 0 bridgehead atoms. The fraction of sp³-hybridized carbons (Fsp3) is 0.333. The van der Waals surface area contributed by atoms with Gasteiger partial charge in [-0.1, -0.05) is 0 Å². The number of nitrogens with one attached hydrogen (secondary N) is 3. The highest BCUT2D eigenvalue weighted by molar-refractivity contribution is 7.13. The number of anilines is 3. The molecule has 7 heteroatoms. The Kier molecular flexibility index (Phi) is 5.76. The van der Waals surface area contributed by atoms with Gasteiger partial charge in [-0.25, -0.2) is 4.98 Å². The smallest absolute Gasteiger partial charge is 0.228 e. The van der Waals surface area contributed by atoms with Crippen molar-refractivity contribution in [3.05, 3.63) is 35.3 Å². The van der Waals surface area contributed by atoms with Crippen LogP contribution in [0.15, 0.2) is 29.6 Å². The molecular formula is C15H19ClN4OS. The lowest BCUT2D eigenvalue weighted by atomic mass is 10.1. The number of nitrogens with zero attached hydrogens (tertiary/aromatic N) is 1. The van der Waals surface area contributed by atoms with Crippen LogP contribution in [0.2, 0.25) is 0 Å². The number of carbonyl (C=O) groups excluding carboxylic acids is 1. The standard InChI is InChI=1S/C15H18N4OS.ClH/c1-10-9-21-15(17-10)19-13-4-2-12(3-5-13)18-14(20)11-6-7-16-8-11;/h2-5,9,11,16H,6-8H2,1H3,(H,17,19)(H,18,20);1H. The minimum absolute atomic E-state index is 0. The highest BCUT2D eigenvalue weighted by Crippen LogP contribution is 2.22. The van der Waals surface area contributed by atoms with Crippen molar-refractivity contribution in [2.45, 2.75) is 13.3 Å². The minimum Gasteiger partial charge on any atom is -0.332 e. The van der Waals surface area contributed by atoms with Crippen LogP contribution in [0.3, 0.4) is 0 Å². The largest absolute Gasteiger partial charge is 0.332 e. The van der Waals surface area contributed by atoms with Gasteiger partial charge in [0.1, 0.15) is 0 Å². The zero-order valence-corrected chi connectivity index (χ0v) is 13.9. The van der Waals surface area contributed by atoms with Crippen molar-refractivity contribution in [3.8, 4) is 0 Å². The average molecular weight is 339 g/mol. The molecular weight excluding hydrogens is 320 g/mol. The van der Waals surface area contributed by atoms with Crippen LogP contribution in [0.1, 0.15) is 12.1 Å². The fourth-order valence-electron chi connectivity index (χ4n) is 2.29. The van der Waals surface area contributed by atoms with Gasteiger partial charge in [0.15, 0.2) is 5.13 Å². The Bertz CT molecular complexity index is 623. The van der Waals surface area contributed by atoms with Gasteiger partial charge in [0.2, 0.25) is 5.91 Å². The van der Waals surface area contributed by atoms with Crippen molar-refractivity contribution >= 4 is 46.2 Å². The molecule has 1 saturated heterocycles. The summed E-state index contributed by atoms with van der Waals surface area (Å²) in [4.78, 5) is 16.4. The molecule has 0 saturated carbocycles. The second kappa shape index (κ2) is 7.58. The van der Waals surface area contributed by atoms with E-state index in [1.54, 1.807) is 11.3 Å². The summed E-state index contributed by atoms with van der Waals surface area (Å²) < 4.78 is 0. The highest BCUT2D eigenvalue weighted by atomic mass is 35.5. The maximum atomic E-state index is 12.0. The molecule has 1 amide bonds. The van der Waals surface area contributed by atoms with Gasteiger partial charge in [-0.05, 0) is 44.2 Å². The first-order valence-corrected chi connectivity index (χ1v) is 7.89. The SMILES string of the molecule is Cc1csc(Nc2ccc(NC(=O)C3CCNC3)cc2)n1.Cl. The molecule has 1 aromatic heterocycles. The van der Waals surface area contributed by atoms with Crippen LogP contribution < -0.4 is 16.0 Å². The average Bonchev–Trinajstić information content (AvgIpc) is 3.13. The van der Waals surface area contributed by atoms with Crippen molar-refractivity contribution in [1.82, 2.24) is 10.3 Å². The number of aryl methyl sites for hydroxylation is 1. The number of hydrogen-bond acceptors (Lipinski definition) is 5. The number of benzene rings is 1. The zero-order valence-electron chi connectivity index (χ0n) is 12.3. The van der Waals surface area contributed by atoms with Crippen molar-refractivity contribution < 1.29 is 4.79 Å². The van der Waals surface area contributed by atoms with E-state index in [0.29, 0.717) is 0 Å². The van der Waals surface area contributed by atoms with Crippen LogP contribution in [0, 0.1) is 12.8 Å². The molecule has 1 fully saturated rings. The van der Waals surface area contributed by atoms with E-state index in [0.717, 1.165) is 41.7 Å². The Hall–Kier alpha value is -1.63. The van der Waals surface area contributed by atoms with Crippen LogP contribution in [-0.2, 0) is 4.79 Å². The quantitative estimate of drug-likeness (QED) is 0.801. The van der Waals surface area contributed by atoms with Gasteiger partial charge < -0.3 is 16.0 Å². The molecule has 5 nitrogen and oxygen atoms in total. The lowest BCUT2D eigenvalue weighted by molar-refractivity contribution is -0.119. The summed E-state index contributed by atoms with van der Waals surface area (Å²) in [5, 5.41) is 12.3. The number of rotatable bonds is 4. The number of thiazole rings is 1. The van der Waals surface area contributed by atoms with E-state index in [4.69, 9.17) is 0 Å². The van der Waals surface area contributed by atoms with Gasteiger partial charge in [0, 0.05) is 23.3 Å². The van der Waals surface area contributed by atoms with Crippen molar-refractivity contribution in [1.29, 1.82) is 0 Å². The molecule has 1 unspecified atom stereocenters. The maximum absolute atomic E-state index is 12.0. The second-order valence-corrected chi connectivity index (χ2v) is 6.03. The zero-order chi connectivity index (χ0) is 14.7. The summed E-state index contributed by atoms with van der Waals surface area (Å²) >= 11 is 1.58. The molecule has 1 aromatic carbocycles. The molecule has 2 heterocycles. The molecule has 1 aliphatic heterocycles. The topological polar surface area (TPSA) is 66.0 Å². The van der Waals surface area contributed by atoms with Crippen LogP contribution in [0.4, 0.5) is 16.5 Å². The van der Waals surface area contributed by atoms with E-state index >= 15 is 0 Å². The molecule has 0 spiro atoms. The third-order valence-corrected chi connectivity index (χ3v) is 4.33. The van der Waals surface area contributed by atoms with E-state index in [1.807, 2.05) is 36.6 Å². The van der Waals surface area contributed by atoms with Gasteiger partial charge in [-0.2, -0.15) is 0 Å². The second-order valence-electron chi connectivity index (χ2n) is 5.18. The lowest BCUT2D eigenvalue weighted by Crippen LogP contribution is -2.24. The summed E-state index contributed by atoms with van der Waals surface area (Å²) in [6.45, 7) is 3.67. The number of halogens is 1. The van der Waals surface area contributed by atoms with Gasteiger partial charge in [-0.3, -0.25) is 4.79 Å². The number of aromatic nitrogens is 1. The maximum Gasteiger partial charge on any atom is 0.228 e. The Balaban J connectivity index is 0.00000176. The van der Waals surface area contributed by atoms with Crippen LogP contribution in [-0.4, -0.2) is 24.0 Å². The predicted octanol–water partition coefficient (Wildman–Crippen LogP) is 3.16. The number of amides is 1. The Morgan fingerprint density at radius 1 is 1.32 bits per heavy atom. The summed E-state index contributed by atoms with van der Waals surface area (Å²) in [5.74, 6) is 0.178. The Morgan fingerprint density at radius 3 is 2.64 bits per heavy atom. The van der Waals surface area contributed by atoms with Gasteiger partial charge >= 0.3 is 0 Å². The van der Waals surface area contributed by atoms with E-state index in [-0.39, 0.29) is 24.2 Å². The van der Waals surface area contributed by atoms with Crippen molar-refractivity contribution in [2.75, 3.05) is 23.7 Å². The van der Waals surface area contributed by atoms with Crippen molar-refractivity contribution in [3.63, 3.8) is 0 Å². The number of hydrogen-bond donors (Lipinski definition) is 3. The van der Waals surface area contributed by atoms with Crippen LogP contribution in [0.5, 0.6) is 0 Å². The first-order valence-electron chi connectivity index (χ1n) is 7.01. The van der Waals surface area contributed by atoms with Gasteiger partial charge in [0.25, 0.3) is 0 Å². The fourth-order valence-corrected chi connectivity index (χ4v) is 3.00. The van der Waals surface area contributed by atoms with Gasteiger partial charge in [-0.15, -0.1) is 23.7 Å². The molecule has 3 rings (SSSR count). The lowest BCUT2D eigenvalue weighted by Gasteiger charge is -2.10.